The highest BCUT2D eigenvalue weighted by molar-refractivity contribution is 7.93. The summed E-state index contributed by atoms with van der Waals surface area (Å²) >= 11 is 0. The van der Waals surface area contributed by atoms with Crippen LogP contribution in [-0.2, 0) is 9.73 Å². The maximum Gasteiger partial charge on any atom is 0.332 e. The summed E-state index contributed by atoms with van der Waals surface area (Å²) in [5.74, 6) is -0.0274. The van der Waals surface area contributed by atoms with Gasteiger partial charge in [-0.15, -0.1) is 0 Å². The quantitative estimate of drug-likeness (QED) is 0.384. The fourth-order valence-electron chi connectivity index (χ4n) is 7.10. The average Bonchev–Trinajstić information content (AvgIpc) is 3.18. The van der Waals surface area contributed by atoms with Crippen LogP contribution in [0.4, 0.5) is 8.78 Å². The summed E-state index contributed by atoms with van der Waals surface area (Å²) in [5.41, 5.74) is 2.70. The number of hydrogen-bond acceptors (Lipinski definition) is 4. The lowest BCUT2D eigenvalue weighted by molar-refractivity contribution is 0.0272. The van der Waals surface area contributed by atoms with E-state index in [1.807, 2.05) is 13.0 Å². The van der Waals surface area contributed by atoms with Crippen LogP contribution < -0.4 is 0 Å². The largest absolute Gasteiger partial charge is 0.393 e. The van der Waals surface area contributed by atoms with E-state index < -0.39 is 33.6 Å². The SMILES string of the molecule is C=C1/C(=C\C=C2/CCC[C@]3(C)[C@@H]([C@H](C)CC(F)(F)[S@](=N)(=O)c4ccccc4)CC[C@@H]23)C[C@@H](O)C[C@@H]1O. The van der Waals surface area contributed by atoms with Gasteiger partial charge in [0.2, 0.25) is 0 Å². The molecule has 7 atom stereocenters. The second kappa shape index (κ2) is 10.1. The van der Waals surface area contributed by atoms with Gasteiger partial charge < -0.3 is 10.2 Å². The van der Waals surface area contributed by atoms with E-state index in [0.717, 1.165) is 37.7 Å². The summed E-state index contributed by atoms with van der Waals surface area (Å²) in [6.07, 6.45) is 7.67. The van der Waals surface area contributed by atoms with E-state index in [0.29, 0.717) is 18.4 Å². The number of allylic oxidation sites excluding steroid dienone is 3. The summed E-state index contributed by atoms with van der Waals surface area (Å²) in [4.78, 5) is -0.117. The number of rotatable bonds is 6. The Kier molecular flexibility index (Phi) is 7.67. The van der Waals surface area contributed by atoms with Crippen molar-refractivity contribution < 1.29 is 23.2 Å². The lowest BCUT2D eigenvalue weighted by Crippen LogP contribution is -2.39. The molecule has 0 saturated heterocycles. The molecular formula is C29H39F2NO3S. The van der Waals surface area contributed by atoms with Crippen molar-refractivity contribution in [3.63, 3.8) is 0 Å². The molecule has 3 aliphatic rings. The third-order valence-corrected chi connectivity index (χ3v) is 11.0. The van der Waals surface area contributed by atoms with E-state index in [4.69, 9.17) is 4.78 Å². The van der Waals surface area contributed by atoms with Crippen LogP contribution in [0, 0.1) is 27.9 Å². The molecule has 0 unspecified atom stereocenters. The summed E-state index contributed by atoms with van der Waals surface area (Å²) < 4.78 is 51.7. The van der Waals surface area contributed by atoms with Gasteiger partial charge in [-0.25, -0.2) is 8.99 Å². The molecule has 1 aromatic carbocycles. The van der Waals surface area contributed by atoms with Gasteiger partial charge in [-0.3, -0.25) is 0 Å². The number of alkyl halides is 2. The number of aliphatic hydroxyl groups is 2. The van der Waals surface area contributed by atoms with Crippen molar-refractivity contribution >= 4 is 9.73 Å². The maximum absolute atomic E-state index is 15.3. The zero-order chi connectivity index (χ0) is 26.3. The normalized spacial score (nSPS) is 36.0. The maximum atomic E-state index is 15.3. The summed E-state index contributed by atoms with van der Waals surface area (Å²) in [7, 11) is -4.26. The zero-order valence-corrected chi connectivity index (χ0v) is 22.1. The predicted molar refractivity (Wildman–Crippen MR) is 139 cm³/mol. The van der Waals surface area contributed by atoms with E-state index in [1.165, 1.54) is 17.7 Å². The number of fused-ring (bicyclic) bond motifs is 1. The molecule has 3 N–H and O–H groups in total. The molecule has 4 rings (SSSR count). The molecule has 36 heavy (non-hydrogen) atoms. The summed E-state index contributed by atoms with van der Waals surface area (Å²) in [5, 5.41) is 16.6. The third-order valence-electron chi connectivity index (χ3n) is 9.04. The number of hydrogen-bond donors (Lipinski definition) is 3. The van der Waals surface area contributed by atoms with Crippen molar-refractivity contribution in [3.8, 4) is 0 Å². The van der Waals surface area contributed by atoms with Gasteiger partial charge in [0.1, 0.15) is 9.73 Å². The first kappa shape index (κ1) is 27.2. The Morgan fingerprint density at radius 1 is 1.25 bits per heavy atom. The standard InChI is InChI=1S/C29H39F2NO3S/c1-19(18-29(30,31)36(32,35)24-9-5-4-6-10-24)25-13-14-26-21(8-7-15-28(25,26)3)11-12-22-16-23(33)17-27(34)20(22)2/h4-6,9-12,19,23,25-27,32-34H,2,7-8,13-18H2,1,3H3/b21-11+,22-12-/t19-,23-,25-,26+,27+,28-,36-/m1/s1. The van der Waals surface area contributed by atoms with Crippen LogP contribution in [0.1, 0.15) is 65.2 Å². The van der Waals surface area contributed by atoms with E-state index in [-0.39, 0.29) is 28.1 Å². The van der Waals surface area contributed by atoms with Gasteiger partial charge in [0, 0.05) is 12.8 Å². The Morgan fingerprint density at radius 2 is 1.94 bits per heavy atom. The fourth-order valence-corrected chi connectivity index (χ4v) is 8.48. The fraction of sp³-hybridized carbons (Fsp3) is 0.586. The highest BCUT2D eigenvalue weighted by atomic mass is 32.2. The molecule has 0 aliphatic heterocycles. The average molecular weight is 520 g/mol. The molecule has 198 valence electrons. The van der Waals surface area contributed by atoms with Gasteiger partial charge in [-0.2, -0.15) is 8.78 Å². The Morgan fingerprint density at radius 3 is 2.64 bits per heavy atom. The summed E-state index contributed by atoms with van der Waals surface area (Å²) in [6, 6.07) is 7.46. The van der Waals surface area contributed by atoms with Crippen molar-refractivity contribution in [3.05, 3.63) is 65.8 Å². The molecular weight excluding hydrogens is 480 g/mol. The molecule has 1 aromatic rings. The molecule has 0 aromatic heterocycles. The minimum atomic E-state index is -4.26. The van der Waals surface area contributed by atoms with Gasteiger partial charge in [-0.05, 0) is 85.0 Å². The van der Waals surface area contributed by atoms with Crippen LogP contribution in [0.15, 0.2) is 70.7 Å². The lowest BCUT2D eigenvalue weighted by Gasteiger charge is -2.45. The number of nitrogens with one attached hydrogen (secondary N) is 1. The molecule has 0 bridgehead atoms. The molecule has 0 heterocycles. The molecule has 3 saturated carbocycles. The van der Waals surface area contributed by atoms with E-state index >= 15 is 8.78 Å². The van der Waals surface area contributed by atoms with E-state index in [2.05, 4.69) is 19.6 Å². The van der Waals surface area contributed by atoms with Gasteiger partial charge in [-0.1, -0.05) is 56.4 Å². The molecule has 4 nitrogen and oxygen atoms in total. The lowest BCUT2D eigenvalue weighted by atomic mass is 9.61. The highest BCUT2D eigenvalue weighted by Gasteiger charge is 2.53. The Bertz CT molecular complexity index is 1140. The molecule has 3 aliphatic carbocycles. The Balaban J connectivity index is 1.53. The monoisotopic (exact) mass is 519 g/mol. The second-order valence-corrected chi connectivity index (χ2v) is 13.5. The zero-order valence-electron chi connectivity index (χ0n) is 21.3. The predicted octanol–water partition coefficient (Wildman–Crippen LogP) is 6.85. The van der Waals surface area contributed by atoms with Gasteiger partial charge in [0.15, 0.2) is 0 Å². The highest BCUT2D eigenvalue weighted by Crippen LogP contribution is 2.60. The number of benzene rings is 1. The van der Waals surface area contributed by atoms with Crippen LogP contribution in [0.3, 0.4) is 0 Å². The third kappa shape index (κ3) is 4.99. The van der Waals surface area contributed by atoms with Crippen molar-refractivity contribution in [2.24, 2.45) is 23.2 Å². The van der Waals surface area contributed by atoms with Crippen molar-refractivity contribution in [2.75, 3.05) is 0 Å². The smallest absolute Gasteiger partial charge is 0.332 e. The van der Waals surface area contributed by atoms with Crippen molar-refractivity contribution in [1.82, 2.24) is 0 Å². The first-order valence-electron chi connectivity index (χ1n) is 13.0. The van der Waals surface area contributed by atoms with Crippen LogP contribution >= 0.6 is 0 Å². The minimum Gasteiger partial charge on any atom is -0.393 e. The molecule has 0 spiro atoms. The van der Waals surface area contributed by atoms with E-state index in [1.54, 1.807) is 18.2 Å². The van der Waals surface area contributed by atoms with Crippen molar-refractivity contribution in [1.29, 1.82) is 4.78 Å². The van der Waals surface area contributed by atoms with E-state index in [9.17, 15) is 14.4 Å². The molecule has 0 amide bonds. The van der Waals surface area contributed by atoms with Crippen LogP contribution in [0.25, 0.3) is 0 Å². The van der Waals surface area contributed by atoms with Crippen LogP contribution in [-0.4, -0.2) is 31.9 Å². The molecule has 3 fully saturated rings. The van der Waals surface area contributed by atoms with Crippen molar-refractivity contribution in [2.45, 2.75) is 87.6 Å². The first-order chi connectivity index (χ1) is 16.9. The topological polar surface area (TPSA) is 81.4 Å². The Labute approximate surface area is 214 Å². The summed E-state index contributed by atoms with van der Waals surface area (Å²) in [6.45, 7) is 8.05. The number of aliphatic hydroxyl groups excluding tert-OH is 2. The van der Waals surface area contributed by atoms with Crippen LogP contribution in [0.5, 0.6) is 0 Å². The van der Waals surface area contributed by atoms with Gasteiger partial charge >= 0.3 is 5.25 Å². The van der Waals surface area contributed by atoms with Gasteiger partial charge in [0.25, 0.3) is 0 Å². The number of halogens is 2. The van der Waals surface area contributed by atoms with Crippen LogP contribution in [0.2, 0.25) is 0 Å². The van der Waals surface area contributed by atoms with Gasteiger partial charge in [0.05, 0.1) is 17.1 Å². The molecule has 7 heteroatoms. The minimum absolute atomic E-state index is 0.0593. The Hall–Kier alpha value is -1.83. The molecule has 0 radical (unpaired) electrons. The second-order valence-electron chi connectivity index (χ2n) is 11.4. The first-order valence-corrected chi connectivity index (χ1v) is 14.6.